The highest BCUT2D eigenvalue weighted by molar-refractivity contribution is 6.10. The van der Waals surface area contributed by atoms with Crippen LogP contribution < -0.4 is 15.4 Å². The van der Waals surface area contributed by atoms with Crippen molar-refractivity contribution in [2.45, 2.75) is 52.0 Å². The first kappa shape index (κ1) is 23.1. The van der Waals surface area contributed by atoms with E-state index in [9.17, 15) is 14.4 Å². The summed E-state index contributed by atoms with van der Waals surface area (Å²) >= 11 is 0. The Bertz CT molecular complexity index is 801. The number of benzene rings is 1. The summed E-state index contributed by atoms with van der Waals surface area (Å²) < 4.78 is 5.87. The third-order valence-corrected chi connectivity index (χ3v) is 6.40. The number of urea groups is 1. The molecule has 0 atom stereocenters. The summed E-state index contributed by atoms with van der Waals surface area (Å²) in [5.41, 5.74) is -0.310. The molecule has 8 heteroatoms. The number of nitrogens with zero attached hydrogens (tertiary/aromatic N) is 2. The van der Waals surface area contributed by atoms with Crippen LogP contribution in [0.1, 0.15) is 46.5 Å². The predicted molar refractivity (Wildman–Crippen MR) is 119 cm³/mol. The number of anilines is 1. The van der Waals surface area contributed by atoms with E-state index >= 15 is 0 Å². The second-order valence-corrected chi connectivity index (χ2v) is 8.51. The van der Waals surface area contributed by atoms with Gasteiger partial charge in [-0.05, 0) is 56.8 Å². The van der Waals surface area contributed by atoms with Gasteiger partial charge < -0.3 is 20.3 Å². The zero-order valence-corrected chi connectivity index (χ0v) is 18.8. The Hall–Kier alpha value is -2.61. The molecule has 0 unspecified atom stereocenters. The summed E-state index contributed by atoms with van der Waals surface area (Å²) in [6.45, 7) is 9.24. The Kier molecular flexibility index (Phi) is 7.54. The van der Waals surface area contributed by atoms with Gasteiger partial charge in [-0.2, -0.15) is 0 Å². The van der Waals surface area contributed by atoms with Crippen molar-refractivity contribution in [3.8, 4) is 5.75 Å². The van der Waals surface area contributed by atoms with Crippen LogP contribution in [0.2, 0.25) is 0 Å². The third-order valence-electron chi connectivity index (χ3n) is 6.40. The van der Waals surface area contributed by atoms with E-state index in [1.54, 1.807) is 18.2 Å². The molecule has 0 aromatic heterocycles. The molecule has 3 rings (SSSR count). The molecule has 1 saturated carbocycles. The minimum atomic E-state index is -0.838. The Labute approximate surface area is 184 Å². The van der Waals surface area contributed by atoms with E-state index < -0.39 is 17.5 Å². The molecule has 170 valence electrons. The van der Waals surface area contributed by atoms with Crippen molar-refractivity contribution < 1.29 is 19.1 Å². The Balaban J connectivity index is 1.58. The second kappa shape index (κ2) is 10.1. The van der Waals surface area contributed by atoms with Crippen molar-refractivity contribution in [3.63, 3.8) is 0 Å². The molecule has 1 aliphatic carbocycles. The van der Waals surface area contributed by atoms with Crippen LogP contribution in [0.15, 0.2) is 24.3 Å². The summed E-state index contributed by atoms with van der Waals surface area (Å²) in [5.74, 6) is 0.400. The van der Waals surface area contributed by atoms with E-state index in [1.165, 1.54) is 0 Å². The quantitative estimate of drug-likeness (QED) is 0.588. The van der Waals surface area contributed by atoms with E-state index in [0.717, 1.165) is 37.4 Å². The second-order valence-electron chi connectivity index (χ2n) is 8.51. The number of hydrogen-bond acceptors (Lipinski definition) is 5. The normalized spacial score (nSPS) is 23.4. The number of ether oxygens (including phenoxy) is 1. The molecule has 2 fully saturated rings. The fraction of sp³-hybridized carbons (Fsp3) is 0.609. The highest BCUT2D eigenvalue weighted by Crippen LogP contribution is 2.36. The van der Waals surface area contributed by atoms with Crippen molar-refractivity contribution in [1.82, 2.24) is 15.1 Å². The predicted octanol–water partition coefficient (Wildman–Crippen LogP) is 2.85. The molecule has 31 heavy (non-hydrogen) atoms. The molecule has 8 nitrogen and oxygen atoms in total. The van der Waals surface area contributed by atoms with Gasteiger partial charge >= 0.3 is 6.03 Å². The maximum Gasteiger partial charge on any atom is 0.325 e. The summed E-state index contributed by atoms with van der Waals surface area (Å²) in [4.78, 5) is 41.3. The van der Waals surface area contributed by atoms with Crippen molar-refractivity contribution in [3.05, 3.63) is 24.3 Å². The monoisotopic (exact) mass is 430 g/mol. The van der Waals surface area contributed by atoms with Gasteiger partial charge in [0.25, 0.3) is 5.91 Å². The lowest BCUT2D eigenvalue weighted by Gasteiger charge is -2.33. The number of rotatable bonds is 9. The molecular formula is C23H34N4O4. The number of amides is 4. The standard InChI is InChI=1S/C23H34N4O4/c1-4-26(5-2)14-15-31-19-9-7-6-8-18(19)24-20(28)16-27-21(29)23(25-22(27)30)12-10-17(3)11-13-23/h6-9,17H,4-5,10-16H2,1-3H3,(H,24,28)(H,25,30). The maximum absolute atomic E-state index is 12.9. The number of carbonyl (C=O) groups excluding carboxylic acids is 3. The number of para-hydroxylation sites is 2. The molecule has 1 saturated heterocycles. The van der Waals surface area contributed by atoms with Gasteiger partial charge in [0.05, 0.1) is 5.69 Å². The van der Waals surface area contributed by atoms with Crippen molar-refractivity contribution in [2.24, 2.45) is 5.92 Å². The fourth-order valence-electron chi connectivity index (χ4n) is 4.27. The SMILES string of the molecule is CCN(CC)CCOc1ccccc1NC(=O)CN1C(=O)NC2(CCC(C)CC2)C1=O. The molecule has 1 spiro atoms. The largest absolute Gasteiger partial charge is 0.490 e. The molecule has 4 amide bonds. The van der Waals surface area contributed by atoms with Crippen molar-refractivity contribution in [1.29, 1.82) is 0 Å². The van der Waals surface area contributed by atoms with Crippen LogP contribution in [0.5, 0.6) is 5.75 Å². The van der Waals surface area contributed by atoms with Gasteiger partial charge in [-0.25, -0.2) is 4.79 Å². The zero-order chi connectivity index (χ0) is 22.4. The van der Waals surface area contributed by atoms with Crippen LogP contribution in [0.3, 0.4) is 0 Å². The lowest BCUT2D eigenvalue weighted by Crippen LogP contribution is -2.49. The van der Waals surface area contributed by atoms with Crippen LogP contribution >= 0.6 is 0 Å². The Morgan fingerprint density at radius 2 is 1.90 bits per heavy atom. The van der Waals surface area contributed by atoms with Crippen molar-refractivity contribution >= 4 is 23.5 Å². The van der Waals surface area contributed by atoms with Gasteiger partial charge in [0, 0.05) is 6.54 Å². The summed E-state index contributed by atoms with van der Waals surface area (Å²) in [6.07, 6.45) is 3.04. The number of nitrogens with one attached hydrogen (secondary N) is 2. The van der Waals surface area contributed by atoms with Gasteiger partial charge in [0.15, 0.2) is 0 Å². The topological polar surface area (TPSA) is 91.0 Å². The molecular weight excluding hydrogens is 396 g/mol. The number of carbonyl (C=O) groups is 3. The van der Waals surface area contributed by atoms with Gasteiger partial charge in [0.1, 0.15) is 24.4 Å². The van der Waals surface area contributed by atoms with E-state index in [2.05, 4.69) is 36.3 Å². The van der Waals surface area contributed by atoms with E-state index in [0.29, 0.717) is 36.8 Å². The minimum Gasteiger partial charge on any atom is -0.490 e. The van der Waals surface area contributed by atoms with E-state index in [1.807, 2.05) is 6.07 Å². The third kappa shape index (κ3) is 5.36. The maximum atomic E-state index is 12.9. The lowest BCUT2D eigenvalue weighted by molar-refractivity contribution is -0.135. The molecule has 0 radical (unpaired) electrons. The number of imide groups is 1. The minimum absolute atomic E-state index is 0.289. The first-order valence-corrected chi connectivity index (χ1v) is 11.3. The number of hydrogen-bond donors (Lipinski definition) is 2. The average molecular weight is 431 g/mol. The first-order valence-electron chi connectivity index (χ1n) is 11.3. The summed E-state index contributed by atoms with van der Waals surface area (Å²) in [6, 6.07) is 6.70. The van der Waals surface area contributed by atoms with E-state index in [4.69, 9.17) is 4.74 Å². The van der Waals surface area contributed by atoms with Crippen molar-refractivity contribution in [2.75, 3.05) is 38.1 Å². The molecule has 1 aliphatic heterocycles. The summed E-state index contributed by atoms with van der Waals surface area (Å²) in [5, 5.41) is 5.64. The molecule has 2 N–H and O–H groups in total. The van der Waals surface area contributed by atoms with Crippen LogP contribution in [0, 0.1) is 5.92 Å². The lowest BCUT2D eigenvalue weighted by atomic mass is 9.77. The van der Waals surface area contributed by atoms with Gasteiger partial charge in [-0.1, -0.05) is 32.9 Å². The average Bonchev–Trinajstić information content (AvgIpc) is 2.98. The fourth-order valence-corrected chi connectivity index (χ4v) is 4.27. The van der Waals surface area contributed by atoms with Crippen LogP contribution in [-0.4, -0.2) is 66.0 Å². The van der Waals surface area contributed by atoms with Gasteiger partial charge in [0.2, 0.25) is 5.91 Å². The van der Waals surface area contributed by atoms with Crippen LogP contribution in [0.25, 0.3) is 0 Å². The Morgan fingerprint density at radius 1 is 1.23 bits per heavy atom. The summed E-state index contributed by atoms with van der Waals surface area (Å²) in [7, 11) is 0. The van der Waals surface area contributed by atoms with Gasteiger partial charge in [-0.3, -0.25) is 14.5 Å². The van der Waals surface area contributed by atoms with Crippen LogP contribution in [-0.2, 0) is 9.59 Å². The molecule has 2 aliphatic rings. The number of likely N-dealkylation sites (N-methyl/N-ethyl adjacent to an activating group) is 1. The van der Waals surface area contributed by atoms with Gasteiger partial charge in [-0.15, -0.1) is 0 Å². The highest BCUT2D eigenvalue weighted by Gasteiger charge is 2.52. The smallest absolute Gasteiger partial charge is 0.325 e. The molecule has 0 bridgehead atoms. The Morgan fingerprint density at radius 3 is 2.58 bits per heavy atom. The first-order chi connectivity index (χ1) is 14.9. The molecule has 1 aromatic rings. The molecule has 1 aromatic carbocycles. The molecule has 1 heterocycles. The van der Waals surface area contributed by atoms with E-state index in [-0.39, 0.29) is 12.5 Å². The van der Waals surface area contributed by atoms with Crippen LogP contribution in [0.4, 0.5) is 10.5 Å². The zero-order valence-electron chi connectivity index (χ0n) is 18.8. The highest BCUT2D eigenvalue weighted by atomic mass is 16.5.